The van der Waals surface area contributed by atoms with E-state index in [1.165, 1.54) is 58.7 Å². The first-order valence-corrected chi connectivity index (χ1v) is 14.3. The molecule has 3 aromatic carbocycles. The summed E-state index contributed by atoms with van der Waals surface area (Å²) < 4.78 is 59.3. The van der Waals surface area contributed by atoms with Crippen molar-refractivity contribution in [3.8, 4) is 28.5 Å². The van der Waals surface area contributed by atoms with Crippen LogP contribution >= 0.6 is 11.3 Å². The number of urea groups is 1. The van der Waals surface area contributed by atoms with Gasteiger partial charge in [-0.3, -0.25) is 4.57 Å². The number of hydrogen-bond donors (Lipinski definition) is 0. The molecule has 0 radical (unpaired) electrons. The molecule has 2 aromatic heterocycles. The van der Waals surface area contributed by atoms with E-state index in [1.807, 2.05) is 41.1 Å². The Morgan fingerprint density at radius 2 is 1.73 bits per heavy atom. The van der Waals surface area contributed by atoms with E-state index >= 15 is 0 Å². The van der Waals surface area contributed by atoms with Gasteiger partial charge in [-0.05, 0) is 54.3 Å². The summed E-state index contributed by atoms with van der Waals surface area (Å²) in [6.07, 6.45) is -4.13. The number of hydrogen-bond acceptors (Lipinski definition) is 5. The van der Waals surface area contributed by atoms with Crippen molar-refractivity contribution in [2.45, 2.75) is 39.2 Å². The summed E-state index contributed by atoms with van der Waals surface area (Å²) in [5.41, 5.74) is 4.26. The van der Waals surface area contributed by atoms with Crippen LogP contribution in [0, 0.1) is 6.92 Å². The molecule has 44 heavy (non-hydrogen) atoms. The van der Waals surface area contributed by atoms with Gasteiger partial charge in [-0.1, -0.05) is 56.3 Å². The fourth-order valence-electron chi connectivity index (χ4n) is 4.41. The molecule has 8 nitrogen and oxygen atoms in total. The third kappa shape index (κ3) is 7.17. The highest BCUT2D eigenvalue weighted by Crippen LogP contribution is 2.26. The number of carbonyl (C=O) groups is 1. The highest BCUT2D eigenvalue weighted by Gasteiger charge is 2.31. The maximum Gasteiger partial charge on any atom is 0.573 e. The van der Waals surface area contributed by atoms with Gasteiger partial charge in [0.05, 0.1) is 11.4 Å². The number of benzene rings is 3. The monoisotopic (exact) mass is 622 g/mol. The van der Waals surface area contributed by atoms with Crippen molar-refractivity contribution in [2.24, 2.45) is 9.98 Å². The molecular weight excluding hydrogens is 596 g/mol. The van der Waals surface area contributed by atoms with Gasteiger partial charge in [0, 0.05) is 22.9 Å². The van der Waals surface area contributed by atoms with Crippen molar-refractivity contribution < 1.29 is 27.1 Å². The van der Waals surface area contributed by atoms with Crippen LogP contribution in [-0.4, -0.2) is 37.9 Å². The number of amides is 2. The highest BCUT2D eigenvalue weighted by molar-refractivity contribution is 7.07. The molecule has 0 saturated heterocycles. The molecular formula is C31H26F4N6O2S. The van der Waals surface area contributed by atoms with Crippen molar-refractivity contribution in [1.82, 2.24) is 19.3 Å². The third-order valence-corrected chi connectivity index (χ3v) is 7.44. The quantitative estimate of drug-likeness (QED) is 0.136. The summed E-state index contributed by atoms with van der Waals surface area (Å²) in [5.74, 6) is 0.227. The Balaban J connectivity index is 1.27. The van der Waals surface area contributed by atoms with Crippen LogP contribution in [0.4, 0.5) is 22.4 Å². The molecule has 5 aromatic rings. The molecule has 0 saturated carbocycles. The largest absolute Gasteiger partial charge is 0.573 e. The Morgan fingerprint density at radius 3 is 2.41 bits per heavy atom. The number of halogens is 4. The zero-order valence-electron chi connectivity index (χ0n) is 23.7. The zero-order valence-corrected chi connectivity index (χ0v) is 24.6. The van der Waals surface area contributed by atoms with Crippen LogP contribution in [-0.2, 0) is 0 Å². The standard InChI is InChI=1S/C31H26F4N6O2S/c1-19(2)25-6-4-5-7-27(25)41-20(3)17-44-30(41)38-29(42)36-16-26(32)21-8-10-22(11-9-21)28-37-18-40(39-28)23-12-14-24(15-13-23)43-31(33,34)35/h4-19,26H,1-3H3. The van der Waals surface area contributed by atoms with Crippen molar-refractivity contribution in [3.05, 3.63) is 106 Å². The van der Waals surface area contributed by atoms with E-state index in [-0.39, 0.29) is 17.2 Å². The van der Waals surface area contributed by atoms with Crippen LogP contribution in [0.3, 0.4) is 0 Å². The molecule has 0 spiro atoms. The Morgan fingerprint density at radius 1 is 1.02 bits per heavy atom. The molecule has 13 heteroatoms. The normalized spacial score (nSPS) is 13.1. The number of ether oxygens (including phenoxy) is 1. The van der Waals surface area contributed by atoms with Crippen molar-refractivity contribution in [3.63, 3.8) is 0 Å². The van der Waals surface area contributed by atoms with Gasteiger partial charge in [-0.2, -0.15) is 4.99 Å². The fourth-order valence-corrected chi connectivity index (χ4v) is 5.27. The number of rotatable bonds is 7. The molecule has 0 aliphatic heterocycles. The Labute approximate surface area is 253 Å². The van der Waals surface area contributed by atoms with Crippen LogP contribution in [0.15, 0.2) is 94.5 Å². The smallest absolute Gasteiger partial charge is 0.406 e. The fraction of sp³-hybridized carbons (Fsp3) is 0.194. The molecule has 0 fully saturated rings. The second-order valence-electron chi connectivity index (χ2n) is 9.96. The molecule has 0 bridgehead atoms. The van der Waals surface area contributed by atoms with Crippen LogP contribution in [0.5, 0.6) is 5.75 Å². The number of nitrogens with zero attached hydrogens (tertiary/aromatic N) is 6. The van der Waals surface area contributed by atoms with Gasteiger partial charge in [-0.25, -0.2) is 23.8 Å². The molecule has 226 valence electrons. The lowest BCUT2D eigenvalue weighted by atomic mass is 10.0. The Kier molecular flexibility index (Phi) is 8.86. The predicted molar refractivity (Wildman–Crippen MR) is 159 cm³/mol. The first-order valence-electron chi connectivity index (χ1n) is 13.4. The van der Waals surface area contributed by atoms with E-state index in [0.717, 1.165) is 23.2 Å². The topological polar surface area (TPSA) is 86.7 Å². The SMILES string of the molecule is Cc1csc(=NC(=O)N=CC(F)c2ccc(-c3ncn(-c4ccc(OC(F)(F)F)cc4)n3)cc2)n1-c1ccccc1C(C)C. The zero-order chi connectivity index (χ0) is 31.4. The molecule has 5 rings (SSSR count). The van der Waals surface area contributed by atoms with Gasteiger partial charge in [0.25, 0.3) is 0 Å². The molecule has 0 N–H and O–H groups in total. The van der Waals surface area contributed by atoms with Crippen LogP contribution < -0.4 is 9.54 Å². The van der Waals surface area contributed by atoms with E-state index in [0.29, 0.717) is 21.9 Å². The second kappa shape index (κ2) is 12.8. The Bertz CT molecular complexity index is 1860. The summed E-state index contributed by atoms with van der Waals surface area (Å²) in [6.45, 7) is 6.11. The lowest BCUT2D eigenvalue weighted by Crippen LogP contribution is -2.17. The van der Waals surface area contributed by atoms with Crippen molar-refractivity contribution in [2.75, 3.05) is 0 Å². The van der Waals surface area contributed by atoms with Gasteiger partial charge in [0.2, 0.25) is 0 Å². The van der Waals surface area contributed by atoms with E-state index in [1.54, 1.807) is 12.1 Å². The summed E-state index contributed by atoms with van der Waals surface area (Å²) in [7, 11) is 0. The number of thiazole rings is 1. The van der Waals surface area contributed by atoms with Crippen molar-refractivity contribution >= 4 is 23.6 Å². The number of aliphatic imine (C=N–C) groups is 1. The molecule has 2 amide bonds. The minimum atomic E-state index is -4.78. The summed E-state index contributed by atoms with van der Waals surface area (Å²) >= 11 is 1.30. The number of alkyl halides is 4. The number of aryl methyl sites for hydroxylation is 1. The van der Waals surface area contributed by atoms with Crippen LogP contribution in [0.25, 0.3) is 22.8 Å². The van der Waals surface area contributed by atoms with E-state index in [4.69, 9.17) is 0 Å². The summed E-state index contributed by atoms with van der Waals surface area (Å²) in [6, 6.07) is 18.5. The average molecular weight is 623 g/mol. The van der Waals surface area contributed by atoms with E-state index in [2.05, 4.69) is 38.7 Å². The van der Waals surface area contributed by atoms with Crippen molar-refractivity contribution in [1.29, 1.82) is 0 Å². The first-order chi connectivity index (χ1) is 21.0. The minimum absolute atomic E-state index is 0.257. The minimum Gasteiger partial charge on any atom is -0.406 e. The van der Waals surface area contributed by atoms with E-state index in [9.17, 15) is 22.4 Å². The lowest BCUT2D eigenvalue weighted by molar-refractivity contribution is -0.274. The van der Waals surface area contributed by atoms with Gasteiger partial charge >= 0.3 is 12.4 Å². The first kappa shape index (κ1) is 30.5. The number of para-hydroxylation sites is 1. The van der Waals surface area contributed by atoms with E-state index < -0.39 is 18.6 Å². The van der Waals surface area contributed by atoms with Gasteiger partial charge in [0.15, 0.2) is 16.8 Å². The van der Waals surface area contributed by atoms with Gasteiger partial charge in [0.1, 0.15) is 12.1 Å². The molecule has 1 unspecified atom stereocenters. The maximum atomic E-state index is 15.0. The highest BCUT2D eigenvalue weighted by atomic mass is 32.1. The third-order valence-electron chi connectivity index (χ3n) is 6.50. The second-order valence-corrected chi connectivity index (χ2v) is 10.8. The Hall–Kier alpha value is -4.91. The van der Waals surface area contributed by atoms with Gasteiger partial charge in [-0.15, -0.1) is 29.6 Å². The predicted octanol–water partition coefficient (Wildman–Crippen LogP) is 7.92. The van der Waals surface area contributed by atoms with Crippen LogP contribution in [0.1, 0.15) is 42.8 Å². The summed E-state index contributed by atoms with van der Waals surface area (Å²) in [5, 5.41) is 6.24. The molecule has 2 heterocycles. The van der Waals surface area contributed by atoms with Gasteiger partial charge < -0.3 is 4.74 Å². The maximum absolute atomic E-state index is 15.0. The van der Waals surface area contributed by atoms with Crippen LogP contribution in [0.2, 0.25) is 0 Å². The number of aromatic nitrogens is 4. The average Bonchev–Trinajstić information content (AvgIpc) is 3.62. The molecule has 1 atom stereocenters. The lowest BCUT2D eigenvalue weighted by Gasteiger charge is -2.14. The number of carbonyl (C=O) groups excluding carboxylic acids is 1. The molecule has 0 aliphatic carbocycles. The molecule has 0 aliphatic rings. The summed E-state index contributed by atoms with van der Waals surface area (Å²) in [4.78, 5) is 25.1.